The van der Waals surface area contributed by atoms with Crippen LogP contribution in [0.3, 0.4) is 0 Å². The van der Waals surface area contributed by atoms with Crippen LogP contribution < -0.4 is 5.14 Å². The van der Waals surface area contributed by atoms with E-state index in [9.17, 15) is 13.2 Å². The number of carbonyl (C=O) groups excluding carboxylic acids is 1. The highest BCUT2D eigenvalue weighted by atomic mass is 32.2. The minimum Gasteiger partial charge on any atom is -0.339 e. The summed E-state index contributed by atoms with van der Waals surface area (Å²) in [6.07, 6.45) is 0.879. The minimum absolute atomic E-state index is 0.0137. The first-order chi connectivity index (χ1) is 12.3. The molecular weight excluding hydrogens is 370 g/mol. The van der Waals surface area contributed by atoms with Crippen LogP contribution in [-0.4, -0.2) is 31.3 Å². The lowest BCUT2D eigenvalue weighted by Crippen LogP contribution is -2.26. The lowest BCUT2D eigenvalue weighted by molar-refractivity contribution is -0.130. The van der Waals surface area contributed by atoms with Gasteiger partial charge in [0.05, 0.1) is 21.7 Å². The van der Waals surface area contributed by atoms with Gasteiger partial charge < -0.3 is 4.90 Å². The minimum atomic E-state index is -3.69. The normalized spacial score (nSPS) is 11.6. The molecule has 0 saturated heterocycles. The standard InChI is InChI=1S/C18H19N3O3S2/c1-21(12-17-20-15-4-2-3-5-16(15)25-17)18(22)11-8-13-6-9-14(10-7-13)26(19,23)24/h2-7,9-10H,8,11-12H2,1H3,(H2,19,23,24). The van der Waals surface area contributed by atoms with E-state index in [1.54, 1.807) is 35.4 Å². The fourth-order valence-corrected chi connectivity index (χ4v) is 4.10. The summed E-state index contributed by atoms with van der Waals surface area (Å²) in [7, 11) is -1.93. The number of thiazole rings is 1. The Hall–Kier alpha value is -2.29. The van der Waals surface area contributed by atoms with Gasteiger partial charge in [-0.25, -0.2) is 18.5 Å². The third kappa shape index (κ3) is 4.46. The molecule has 1 aromatic heterocycles. The van der Waals surface area contributed by atoms with Crippen molar-refractivity contribution in [3.63, 3.8) is 0 Å². The number of carbonyl (C=O) groups is 1. The summed E-state index contributed by atoms with van der Waals surface area (Å²) < 4.78 is 23.6. The van der Waals surface area contributed by atoms with E-state index in [1.165, 1.54) is 12.1 Å². The zero-order chi connectivity index (χ0) is 18.7. The molecule has 0 saturated carbocycles. The van der Waals surface area contributed by atoms with Crippen LogP contribution in [0.25, 0.3) is 10.2 Å². The molecule has 1 amide bonds. The highest BCUT2D eigenvalue weighted by Gasteiger charge is 2.13. The number of sulfonamides is 1. The lowest BCUT2D eigenvalue weighted by Gasteiger charge is -2.15. The predicted molar refractivity (Wildman–Crippen MR) is 102 cm³/mol. The van der Waals surface area contributed by atoms with E-state index in [0.29, 0.717) is 19.4 Å². The molecule has 0 aliphatic heterocycles. The maximum atomic E-state index is 12.3. The van der Waals surface area contributed by atoms with Gasteiger partial charge in [0.15, 0.2) is 0 Å². The average molecular weight is 390 g/mol. The van der Waals surface area contributed by atoms with Gasteiger partial charge in [0, 0.05) is 13.5 Å². The summed E-state index contributed by atoms with van der Waals surface area (Å²) in [6.45, 7) is 0.475. The fraction of sp³-hybridized carbons (Fsp3) is 0.222. The molecule has 8 heteroatoms. The summed E-state index contributed by atoms with van der Waals surface area (Å²) in [4.78, 5) is 18.6. The summed E-state index contributed by atoms with van der Waals surface area (Å²) in [5.41, 5.74) is 1.84. The number of para-hydroxylation sites is 1. The van der Waals surface area contributed by atoms with Crippen LogP contribution in [0.15, 0.2) is 53.4 Å². The molecule has 0 radical (unpaired) electrons. The third-order valence-electron chi connectivity index (χ3n) is 4.02. The van der Waals surface area contributed by atoms with E-state index in [-0.39, 0.29) is 10.8 Å². The molecule has 0 unspecified atom stereocenters. The summed E-state index contributed by atoms with van der Waals surface area (Å²) in [5, 5.41) is 5.98. The molecular formula is C18H19N3O3S2. The number of hydrogen-bond acceptors (Lipinski definition) is 5. The maximum absolute atomic E-state index is 12.3. The van der Waals surface area contributed by atoms with E-state index < -0.39 is 10.0 Å². The number of amides is 1. The predicted octanol–water partition coefficient (Wildman–Crippen LogP) is 2.53. The Kier molecular flexibility index (Phi) is 5.36. The number of hydrogen-bond donors (Lipinski definition) is 1. The van der Waals surface area contributed by atoms with Gasteiger partial charge >= 0.3 is 0 Å². The van der Waals surface area contributed by atoms with Crippen molar-refractivity contribution in [2.45, 2.75) is 24.3 Å². The molecule has 0 aliphatic rings. The zero-order valence-electron chi connectivity index (χ0n) is 14.3. The molecule has 2 N–H and O–H groups in total. The van der Waals surface area contributed by atoms with E-state index in [4.69, 9.17) is 5.14 Å². The molecule has 0 fully saturated rings. The Morgan fingerprint density at radius 1 is 1.15 bits per heavy atom. The molecule has 136 valence electrons. The number of primary sulfonamides is 1. The van der Waals surface area contributed by atoms with Crippen molar-refractivity contribution in [2.24, 2.45) is 5.14 Å². The van der Waals surface area contributed by atoms with Crippen LogP contribution in [-0.2, 0) is 27.8 Å². The average Bonchev–Trinajstić information content (AvgIpc) is 3.01. The lowest BCUT2D eigenvalue weighted by atomic mass is 10.1. The van der Waals surface area contributed by atoms with Gasteiger partial charge in [-0.2, -0.15) is 0 Å². The van der Waals surface area contributed by atoms with E-state index >= 15 is 0 Å². The second-order valence-electron chi connectivity index (χ2n) is 6.01. The Morgan fingerprint density at radius 2 is 1.85 bits per heavy atom. The fourth-order valence-electron chi connectivity index (χ4n) is 2.57. The number of fused-ring (bicyclic) bond motifs is 1. The third-order valence-corrected chi connectivity index (χ3v) is 5.97. The maximum Gasteiger partial charge on any atom is 0.238 e. The number of aromatic nitrogens is 1. The number of rotatable bonds is 6. The van der Waals surface area contributed by atoms with E-state index in [2.05, 4.69) is 4.98 Å². The first-order valence-corrected chi connectivity index (χ1v) is 10.4. The highest BCUT2D eigenvalue weighted by Crippen LogP contribution is 2.22. The molecule has 2 aromatic carbocycles. The first kappa shape index (κ1) is 18.5. The number of nitrogens with zero attached hydrogens (tertiary/aromatic N) is 2. The summed E-state index contributed by atoms with van der Waals surface area (Å²) in [6, 6.07) is 14.2. The topological polar surface area (TPSA) is 93.4 Å². The van der Waals surface area contributed by atoms with Crippen molar-refractivity contribution < 1.29 is 13.2 Å². The Labute approximate surface area is 156 Å². The first-order valence-electron chi connectivity index (χ1n) is 8.03. The van der Waals surface area contributed by atoms with Crippen LogP contribution in [0, 0.1) is 0 Å². The molecule has 0 bridgehead atoms. The molecule has 3 rings (SSSR count). The van der Waals surface area contributed by atoms with Gasteiger partial charge in [0.1, 0.15) is 5.01 Å². The molecule has 3 aromatic rings. The second kappa shape index (κ2) is 7.53. The van der Waals surface area contributed by atoms with E-state index in [1.807, 2.05) is 24.3 Å². The summed E-state index contributed by atoms with van der Waals surface area (Å²) >= 11 is 1.59. The Bertz CT molecular complexity index is 994. The van der Waals surface area contributed by atoms with E-state index in [0.717, 1.165) is 20.8 Å². The number of nitrogens with two attached hydrogens (primary N) is 1. The number of benzene rings is 2. The van der Waals surface area contributed by atoms with Crippen molar-refractivity contribution in [1.29, 1.82) is 0 Å². The van der Waals surface area contributed by atoms with Gasteiger partial charge in [-0.1, -0.05) is 24.3 Å². The number of aryl methyl sites for hydroxylation is 1. The Morgan fingerprint density at radius 3 is 2.50 bits per heavy atom. The smallest absolute Gasteiger partial charge is 0.238 e. The largest absolute Gasteiger partial charge is 0.339 e. The van der Waals surface area contributed by atoms with Crippen LogP contribution >= 0.6 is 11.3 Å². The van der Waals surface area contributed by atoms with Gasteiger partial charge in [-0.05, 0) is 36.2 Å². The van der Waals surface area contributed by atoms with Crippen molar-refractivity contribution in [2.75, 3.05) is 7.05 Å². The highest BCUT2D eigenvalue weighted by molar-refractivity contribution is 7.89. The molecule has 0 atom stereocenters. The second-order valence-corrected chi connectivity index (χ2v) is 8.69. The van der Waals surface area contributed by atoms with Crippen molar-refractivity contribution in [3.8, 4) is 0 Å². The van der Waals surface area contributed by atoms with Crippen LogP contribution in [0.4, 0.5) is 0 Å². The Balaban J connectivity index is 1.57. The van der Waals surface area contributed by atoms with Crippen molar-refractivity contribution >= 4 is 37.5 Å². The van der Waals surface area contributed by atoms with Crippen LogP contribution in [0.5, 0.6) is 0 Å². The monoisotopic (exact) mass is 389 g/mol. The quantitative estimate of drug-likeness (QED) is 0.701. The SMILES string of the molecule is CN(Cc1nc2ccccc2s1)C(=O)CCc1ccc(S(N)(=O)=O)cc1. The van der Waals surface area contributed by atoms with Gasteiger partial charge in [-0.3, -0.25) is 4.79 Å². The molecule has 1 heterocycles. The molecule has 26 heavy (non-hydrogen) atoms. The molecule has 6 nitrogen and oxygen atoms in total. The van der Waals surface area contributed by atoms with Crippen molar-refractivity contribution in [1.82, 2.24) is 9.88 Å². The van der Waals surface area contributed by atoms with Crippen LogP contribution in [0.1, 0.15) is 17.0 Å². The van der Waals surface area contributed by atoms with Crippen molar-refractivity contribution in [3.05, 3.63) is 59.1 Å². The van der Waals surface area contributed by atoms with Gasteiger partial charge in [0.25, 0.3) is 0 Å². The molecule has 0 aliphatic carbocycles. The molecule has 0 spiro atoms. The zero-order valence-corrected chi connectivity index (χ0v) is 15.9. The van der Waals surface area contributed by atoms with Gasteiger partial charge in [-0.15, -0.1) is 11.3 Å². The van der Waals surface area contributed by atoms with Gasteiger partial charge in [0.2, 0.25) is 15.9 Å². The van der Waals surface area contributed by atoms with Crippen LogP contribution in [0.2, 0.25) is 0 Å². The summed E-state index contributed by atoms with van der Waals surface area (Å²) in [5.74, 6) is 0.0137.